The van der Waals surface area contributed by atoms with Crippen molar-refractivity contribution < 1.29 is 4.74 Å². The SMILES string of the molecule is CCOc1c(C(C)CN)ccc(C)c1C. The largest absolute Gasteiger partial charge is 0.493 e. The Kier molecular flexibility index (Phi) is 4.15. The Hall–Kier alpha value is -1.02. The van der Waals surface area contributed by atoms with Crippen LogP contribution in [0.15, 0.2) is 12.1 Å². The van der Waals surface area contributed by atoms with E-state index in [0.29, 0.717) is 19.1 Å². The number of hydrogen-bond acceptors (Lipinski definition) is 2. The van der Waals surface area contributed by atoms with E-state index in [1.165, 1.54) is 16.7 Å². The third kappa shape index (κ3) is 2.51. The van der Waals surface area contributed by atoms with Crippen molar-refractivity contribution in [2.75, 3.05) is 13.2 Å². The lowest BCUT2D eigenvalue weighted by Gasteiger charge is -2.18. The molecule has 1 aromatic carbocycles. The van der Waals surface area contributed by atoms with Gasteiger partial charge in [-0.2, -0.15) is 0 Å². The molecule has 0 bridgehead atoms. The summed E-state index contributed by atoms with van der Waals surface area (Å²) in [5.74, 6) is 1.38. The number of ether oxygens (including phenoxy) is 1. The Balaban J connectivity index is 3.20. The van der Waals surface area contributed by atoms with Gasteiger partial charge < -0.3 is 10.5 Å². The third-order valence-corrected chi connectivity index (χ3v) is 2.88. The molecular formula is C13H21NO. The van der Waals surface area contributed by atoms with Crippen LogP contribution in [-0.4, -0.2) is 13.2 Å². The van der Waals surface area contributed by atoms with Crippen LogP contribution >= 0.6 is 0 Å². The number of aryl methyl sites for hydroxylation is 1. The van der Waals surface area contributed by atoms with Crippen molar-refractivity contribution in [3.05, 3.63) is 28.8 Å². The van der Waals surface area contributed by atoms with Crippen molar-refractivity contribution >= 4 is 0 Å². The van der Waals surface area contributed by atoms with Crippen molar-refractivity contribution in [1.82, 2.24) is 0 Å². The van der Waals surface area contributed by atoms with E-state index in [0.717, 1.165) is 5.75 Å². The molecule has 0 aromatic heterocycles. The molecule has 2 heteroatoms. The predicted molar refractivity (Wildman–Crippen MR) is 64.6 cm³/mol. The van der Waals surface area contributed by atoms with E-state index in [2.05, 4.69) is 32.9 Å². The van der Waals surface area contributed by atoms with E-state index < -0.39 is 0 Å². The van der Waals surface area contributed by atoms with Crippen molar-refractivity contribution in [3.63, 3.8) is 0 Å². The van der Waals surface area contributed by atoms with E-state index in [9.17, 15) is 0 Å². The molecule has 84 valence electrons. The van der Waals surface area contributed by atoms with E-state index in [4.69, 9.17) is 10.5 Å². The minimum absolute atomic E-state index is 0.353. The summed E-state index contributed by atoms with van der Waals surface area (Å²) in [6.45, 7) is 9.71. The fourth-order valence-electron chi connectivity index (χ4n) is 1.66. The average molecular weight is 207 g/mol. The van der Waals surface area contributed by atoms with Crippen molar-refractivity contribution in [2.24, 2.45) is 5.73 Å². The highest BCUT2D eigenvalue weighted by Crippen LogP contribution is 2.31. The van der Waals surface area contributed by atoms with Crippen LogP contribution in [0.25, 0.3) is 0 Å². The van der Waals surface area contributed by atoms with E-state index in [1.54, 1.807) is 0 Å². The van der Waals surface area contributed by atoms with Gasteiger partial charge in [0.05, 0.1) is 6.61 Å². The molecular weight excluding hydrogens is 186 g/mol. The second kappa shape index (κ2) is 5.17. The molecule has 1 rings (SSSR count). The van der Waals surface area contributed by atoms with Gasteiger partial charge in [0, 0.05) is 0 Å². The number of rotatable bonds is 4. The summed E-state index contributed by atoms with van der Waals surface area (Å²) >= 11 is 0. The molecule has 0 aliphatic heterocycles. The van der Waals surface area contributed by atoms with Crippen LogP contribution in [0.4, 0.5) is 0 Å². The highest BCUT2D eigenvalue weighted by molar-refractivity contribution is 5.46. The highest BCUT2D eigenvalue weighted by Gasteiger charge is 2.13. The highest BCUT2D eigenvalue weighted by atomic mass is 16.5. The molecule has 1 unspecified atom stereocenters. The van der Waals surface area contributed by atoms with Crippen molar-refractivity contribution in [2.45, 2.75) is 33.6 Å². The number of benzene rings is 1. The molecule has 0 fully saturated rings. The summed E-state index contributed by atoms with van der Waals surface area (Å²) in [4.78, 5) is 0. The van der Waals surface area contributed by atoms with Gasteiger partial charge in [-0.25, -0.2) is 0 Å². The smallest absolute Gasteiger partial charge is 0.125 e. The lowest BCUT2D eigenvalue weighted by Crippen LogP contribution is -2.11. The first-order chi connectivity index (χ1) is 7.11. The maximum atomic E-state index is 5.72. The van der Waals surface area contributed by atoms with Gasteiger partial charge in [0.15, 0.2) is 0 Å². The minimum atomic E-state index is 0.353. The molecule has 2 nitrogen and oxygen atoms in total. The monoisotopic (exact) mass is 207 g/mol. The van der Waals surface area contributed by atoms with Gasteiger partial charge in [0.25, 0.3) is 0 Å². The van der Waals surface area contributed by atoms with Crippen molar-refractivity contribution in [3.8, 4) is 5.75 Å². The second-order valence-corrected chi connectivity index (χ2v) is 4.00. The minimum Gasteiger partial charge on any atom is -0.493 e. The molecule has 1 atom stereocenters. The zero-order chi connectivity index (χ0) is 11.4. The van der Waals surface area contributed by atoms with E-state index in [1.807, 2.05) is 6.92 Å². The van der Waals surface area contributed by atoms with Gasteiger partial charge in [0.2, 0.25) is 0 Å². The molecule has 15 heavy (non-hydrogen) atoms. The topological polar surface area (TPSA) is 35.2 Å². The maximum Gasteiger partial charge on any atom is 0.125 e. The van der Waals surface area contributed by atoms with E-state index >= 15 is 0 Å². The number of hydrogen-bond donors (Lipinski definition) is 1. The van der Waals surface area contributed by atoms with Crippen LogP contribution in [0.2, 0.25) is 0 Å². The molecule has 0 aliphatic rings. The molecule has 0 saturated heterocycles. The summed E-state index contributed by atoms with van der Waals surface area (Å²) in [7, 11) is 0. The molecule has 0 spiro atoms. The first-order valence-corrected chi connectivity index (χ1v) is 5.54. The van der Waals surface area contributed by atoms with Crippen LogP contribution in [-0.2, 0) is 0 Å². The zero-order valence-corrected chi connectivity index (χ0v) is 10.1. The van der Waals surface area contributed by atoms with Crippen LogP contribution in [0.5, 0.6) is 5.75 Å². The predicted octanol–water partition coefficient (Wildman–Crippen LogP) is 2.76. The van der Waals surface area contributed by atoms with Gasteiger partial charge in [-0.1, -0.05) is 19.1 Å². The Morgan fingerprint density at radius 3 is 2.53 bits per heavy atom. The quantitative estimate of drug-likeness (QED) is 0.824. The van der Waals surface area contributed by atoms with Crippen LogP contribution in [0.3, 0.4) is 0 Å². The van der Waals surface area contributed by atoms with Gasteiger partial charge in [-0.15, -0.1) is 0 Å². The van der Waals surface area contributed by atoms with Gasteiger partial charge in [-0.05, 0) is 49.9 Å². The van der Waals surface area contributed by atoms with Crippen LogP contribution < -0.4 is 10.5 Å². The molecule has 0 heterocycles. The van der Waals surface area contributed by atoms with Crippen molar-refractivity contribution in [1.29, 1.82) is 0 Å². The Bertz CT molecular complexity index is 334. The summed E-state index contributed by atoms with van der Waals surface area (Å²) in [6, 6.07) is 4.27. The van der Waals surface area contributed by atoms with E-state index in [-0.39, 0.29) is 0 Å². The molecule has 1 aromatic rings. The first kappa shape index (κ1) is 12.1. The van der Waals surface area contributed by atoms with Gasteiger partial charge in [0.1, 0.15) is 5.75 Å². The summed E-state index contributed by atoms with van der Waals surface area (Å²) in [5.41, 5.74) is 9.43. The van der Waals surface area contributed by atoms with Gasteiger partial charge >= 0.3 is 0 Å². The molecule has 0 amide bonds. The van der Waals surface area contributed by atoms with Gasteiger partial charge in [-0.3, -0.25) is 0 Å². The third-order valence-electron chi connectivity index (χ3n) is 2.88. The fraction of sp³-hybridized carbons (Fsp3) is 0.538. The molecule has 2 N–H and O–H groups in total. The lowest BCUT2D eigenvalue weighted by molar-refractivity contribution is 0.332. The molecule has 0 aliphatic carbocycles. The summed E-state index contributed by atoms with van der Waals surface area (Å²) in [5, 5.41) is 0. The normalized spacial score (nSPS) is 12.6. The average Bonchev–Trinajstić information content (AvgIpc) is 2.24. The first-order valence-electron chi connectivity index (χ1n) is 5.54. The Morgan fingerprint density at radius 1 is 1.33 bits per heavy atom. The van der Waals surface area contributed by atoms with Crippen LogP contribution in [0, 0.1) is 13.8 Å². The molecule has 0 saturated carbocycles. The molecule has 0 radical (unpaired) electrons. The summed E-state index contributed by atoms with van der Waals surface area (Å²) in [6.07, 6.45) is 0. The maximum absolute atomic E-state index is 5.72. The van der Waals surface area contributed by atoms with Crippen LogP contribution in [0.1, 0.15) is 36.5 Å². The lowest BCUT2D eigenvalue weighted by atomic mass is 9.95. The Labute approximate surface area is 92.4 Å². The zero-order valence-electron chi connectivity index (χ0n) is 10.1. The summed E-state index contributed by atoms with van der Waals surface area (Å²) < 4.78 is 5.72. The standard InChI is InChI=1S/C13H21NO/c1-5-15-13-11(4)9(2)6-7-12(13)10(3)8-14/h6-7,10H,5,8,14H2,1-4H3. The second-order valence-electron chi connectivity index (χ2n) is 4.00. The Morgan fingerprint density at radius 2 is 2.00 bits per heavy atom. The number of nitrogens with two attached hydrogens (primary N) is 1. The fourth-order valence-corrected chi connectivity index (χ4v) is 1.66.